The van der Waals surface area contributed by atoms with Gasteiger partial charge in [-0.25, -0.2) is 4.98 Å². The lowest BCUT2D eigenvalue weighted by molar-refractivity contribution is 0.399. The van der Waals surface area contributed by atoms with E-state index in [9.17, 15) is 0 Å². The van der Waals surface area contributed by atoms with Crippen LogP contribution in [0, 0.1) is 0 Å². The fourth-order valence-electron chi connectivity index (χ4n) is 1.58. The van der Waals surface area contributed by atoms with Gasteiger partial charge in [-0.3, -0.25) is 4.98 Å². The number of nitrogens with zero attached hydrogens (tertiary/aromatic N) is 3. The Morgan fingerprint density at radius 3 is 2.89 bits per heavy atom. The van der Waals surface area contributed by atoms with Gasteiger partial charge < -0.3 is 15.8 Å². The number of pyridine rings is 1. The van der Waals surface area contributed by atoms with Crippen molar-refractivity contribution in [1.82, 2.24) is 15.0 Å². The van der Waals surface area contributed by atoms with Gasteiger partial charge in [0, 0.05) is 12.4 Å². The highest BCUT2D eigenvalue weighted by atomic mass is 16.5. The number of nitrogen functional groups attached to an aromatic ring is 1. The number of hydrogen-bond acceptors (Lipinski definition) is 6. The van der Waals surface area contributed by atoms with E-state index in [1.54, 1.807) is 12.4 Å². The minimum absolute atomic E-state index is 0.0422. The van der Waals surface area contributed by atoms with Crippen LogP contribution in [0.25, 0.3) is 0 Å². The Morgan fingerprint density at radius 2 is 2.22 bits per heavy atom. The molecule has 0 aliphatic rings. The van der Waals surface area contributed by atoms with Gasteiger partial charge in [-0.1, -0.05) is 6.07 Å². The number of ether oxygens (including phenoxy) is 1. The summed E-state index contributed by atoms with van der Waals surface area (Å²) in [5.41, 5.74) is 7.34. The molecule has 2 aromatic rings. The third-order valence-corrected chi connectivity index (χ3v) is 2.58. The molecule has 0 fully saturated rings. The van der Waals surface area contributed by atoms with Crippen molar-refractivity contribution in [2.45, 2.75) is 13.0 Å². The lowest BCUT2D eigenvalue weighted by atomic mass is 10.1. The highest BCUT2D eigenvalue weighted by Crippen LogP contribution is 2.27. The van der Waals surface area contributed by atoms with Gasteiger partial charge in [0.05, 0.1) is 13.2 Å². The summed E-state index contributed by atoms with van der Waals surface area (Å²) in [6, 6.07) is 3.91. The summed E-state index contributed by atoms with van der Waals surface area (Å²) < 4.78 is 5.04. The van der Waals surface area contributed by atoms with E-state index in [4.69, 9.17) is 10.5 Å². The first-order valence-electron chi connectivity index (χ1n) is 5.53. The van der Waals surface area contributed by atoms with E-state index in [2.05, 4.69) is 20.3 Å². The maximum Gasteiger partial charge on any atom is 0.242 e. The zero-order valence-corrected chi connectivity index (χ0v) is 10.3. The molecule has 3 N–H and O–H groups in total. The van der Waals surface area contributed by atoms with Crippen LogP contribution in [0.5, 0.6) is 5.88 Å². The number of aromatic nitrogens is 3. The molecular formula is C12H15N5O. The number of nitrogens with two attached hydrogens (primary N) is 1. The molecular weight excluding hydrogens is 230 g/mol. The van der Waals surface area contributed by atoms with Gasteiger partial charge in [0.25, 0.3) is 0 Å². The molecule has 1 atom stereocenters. The molecule has 0 saturated carbocycles. The molecule has 18 heavy (non-hydrogen) atoms. The van der Waals surface area contributed by atoms with Crippen molar-refractivity contribution < 1.29 is 4.74 Å². The smallest absolute Gasteiger partial charge is 0.242 e. The maximum absolute atomic E-state index is 5.89. The van der Waals surface area contributed by atoms with Gasteiger partial charge in [0.2, 0.25) is 5.88 Å². The monoisotopic (exact) mass is 245 g/mol. The molecule has 0 radical (unpaired) electrons. The van der Waals surface area contributed by atoms with E-state index in [1.807, 2.05) is 19.1 Å². The first kappa shape index (κ1) is 12.1. The quantitative estimate of drug-likeness (QED) is 0.851. The van der Waals surface area contributed by atoms with Gasteiger partial charge in [0.1, 0.15) is 12.0 Å². The average Bonchev–Trinajstić information content (AvgIpc) is 2.42. The highest BCUT2D eigenvalue weighted by Gasteiger charge is 2.11. The summed E-state index contributed by atoms with van der Waals surface area (Å²) in [7, 11) is 1.52. The molecule has 2 rings (SSSR count). The summed E-state index contributed by atoms with van der Waals surface area (Å²) in [5, 5.41) is 3.21. The average molecular weight is 245 g/mol. The second-order valence-electron chi connectivity index (χ2n) is 3.80. The molecule has 1 unspecified atom stereocenters. The number of nitrogens with one attached hydrogen (secondary N) is 1. The Morgan fingerprint density at radius 1 is 1.39 bits per heavy atom. The molecule has 2 aromatic heterocycles. The van der Waals surface area contributed by atoms with Gasteiger partial charge in [-0.2, -0.15) is 4.98 Å². The Labute approximate surface area is 105 Å². The molecule has 6 nitrogen and oxygen atoms in total. The fourth-order valence-corrected chi connectivity index (χ4v) is 1.58. The van der Waals surface area contributed by atoms with Crippen molar-refractivity contribution in [2.24, 2.45) is 0 Å². The third kappa shape index (κ3) is 2.48. The number of rotatable bonds is 4. The topological polar surface area (TPSA) is 86.0 Å². The maximum atomic E-state index is 5.89. The summed E-state index contributed by atoms with van der Waals surface area (Å²) in [4.78, 5) is 12.1. The minimum atomic E-state index is 0.0422. The molecule has 0 amide bonds. The Kier molecular flexibility index (Phi) is 3.57. The van der Waals surface area contributed by atoms with Crippen LogP contribution in [-0.4, -0.2) is 22.1 Å². The Hall–Kier alpha value is -2.37. The molecule has 6 heteroatoms. The van der Waals surface area contributed by atoms with Gasteiger partial charge in [0.15, 0.2) is 5.82 Å². The van der Waals surface area contributed by atoms with Gasteiger partial charge >= 0.3 is 0 Å². The predicted molar refractivity (Wildman–Crippen MR) is 69.3 cm³/mol. The molecule has 0 aromatic carbocycles. The van der Waals surface area contributed by atoms with Crippen molar-refractivity contribution >= 4 is 11.5 Å². The van der Waals surface area contributed by atoms with Crippen LogP contribution >= 0.6 is 0 Å². The molecule has 94 valence electrons. The normalized spacial score (nSPS) is 11.9. The lowest BCUT2D eigenvalue weighted by Crippen LogP contribution is -2.11. The van der Waals surface area contributed by atoms with Crippen molar-refractivity contribution in [3.8, 4) is 5.88 Å². The van der Waals surface area contributed by atoms with Crippen LogP contribution in [0.2, 0.25) is 0 Å². The van der Waals surface area contributed by atoms with E-state index in [0.29, 0.717) is 17.4 Å². The lowest BCUT2D eigenvalue weighted by Gasteiger charge is -2.16. The minimum Gasteiger partial charge on any atom is -0.479 e. The Bertz CT molecular complexity index is 517. The summed E-state index contributed by atoms with van der Waals surface area (Å²) >= 11 is 0. The zero-order valence-electron chi connectivity index (χ0n) is 10.3. The Balaban J connectivity index is 2.19. The van der Waals surface area contributed by atoms with E-state index in [1.165, 1.54) is 13.4 Å². The molecule has 0 saturated heterocycles. The summed E-state index contributed by atoms with van der Waals surface area (Å²) in [5.74, 6) is 0.920. The van der Waals surface area contributed by atoms with Crippen molar-refractivity contribution in [3.63, 3.8) is 0 Å². The predicted octanol–water partition coefficient (Wildman–Crippen LogP) is 1.64. The molecule has 0 aliphatic carbocycles. The van der Waals surface area contributed by atoms with Crippen LogP contribution in [0.4, 0.5) is 11.5 Å². The fraction of sp³-hybridized carbons (Fsp3) is 0.250. The number of methoxy groups -OCH3 is 1. The standard InChI is InChI=1S/C12H15N5O/c1-8(9-4-3-5-14-6-9)17-11-10(13)12(18-2)16-7-15-11/h3-8H,13H2,1-2H3,(H,15,16,17). The molecule has 0 bridgehead atoms. The van der Waals surface area contributed by atoms with Crippen LogP contribution in [0.1, 0.15) is 18.5 Å². The molecule has 0 spiro atoms. The van der Waals surface area contributed by atoms with Crippen LogP contribution in [-0.2, 0) is 0 Å². The third-order valence-electron chi connectivity index (χ3n) is 2.58. The van der Waals surface area contributed by atoms with E-state index >= 15 is 0 Å². The number of hydrogen-bond donors (Lipinski definition) is 2. The SMILES string of the molecule is COc1ncnc(NC(C)c2cccnc2)c1N. The first-order chi connectivity index (χ1) is 8.72. The zero-order chi connectivity index (χ0) is 13.0. The highest BCUT2D eigenvalue weighted by molar-refractivity contribution is 5.66. The van der Waals surface area contributed by atoms with Crippen LogP contribution in [0.3, 0.4) is 0 Å². The second kappa shape index (κ2) is 5.31. The molecule has 2 heterocycles. The second-order valence-corrected chi connectivity index (χ2v) is 3.80. The number of anilines is 2. The van der Waals surface area contributed by atoms with E-state index in [-0.39, 0.29) is 6.04 Å². The van der Waals surface area contributed by atoms with E-state index < -0.39 is 0 Å². The summed E-state index contributed by atoms with van der Waals surface area (Å²) in [6.45, 7) is 2.00. The van der Waals surface area contributed by atoms with Crippen LogP contribution in [0.15, 0.2) is 30.9 Å². The van der Waals surface area contributed by atoms with Crippen molar-refractivity contribution in [3.05, 3.63) is 36.4 Å². The van der Waals surface area contributed by atoms with Crippen molar-refractivity contribution in [2.75, 3.05) is 18.2 Å². The first-order valence-corrected chi connectivity index (χ1v) is 5.53. The van der Waals surface area contributed by atoms with Crippen molar-refractivity contribution in [1.29, 1.82) is 0 Å². The van der Waals surface area contributed by atoms with Gasteiger partial charge in [-0.05, 0) is 18.6 Å². The molecule has 0 aliphatic heterocycles. The van der Waals surface area contributed by atoms with Crippen LogP contribution < -0.4 is 15.8 Å². The largest absolute Gasteiger partial charge is 0.479 e. The van der Waals surface area contributed by atoms with Gasteiger partial charge in [-0.15, -0.1) is 0 Å². The van der Waals surface area contributed by atoms with E-state index in [0.717, 1.165) is 5.56 Å². The summed E-state index contributed by atoms with van der Waals surface area (Å²) in [6.07, 6.45) is 4.94.